The van der Waals surface area contributed by atoms with E-state index in [4.69, 9.17) is 11.5 Å². The highest BCUT2D eigenvalue weighted by Crippen LogP contribution is 2.39. The van der Waals surface area contributed by atoms with Crippen molar-refractivity contribution in [1.29, 1.82) is 0 Å². The lowest BCUT2D eigenvalue weighted by Gasteiger charge is -2.20. The van der Waals surface area contributed by atoms with Gasteiger partial charge >= 0.3 is 10.1 Å². The van der Waals surface area contributed by atoms with Crippen molar-refractivity contribution in [3.05, 3.63) is 174 Å². The first kappa shape index (κ1) is 38.0. The van der Waals surface area contributed by atoms with Crippen molar-refractivity contribution >= 4 is 15.7 Å². The van der Waals surface area contributed by atoms with E-state index in [9.17, 15) is 13.0 Å². The Kier molecular flexibility index (Phi) is 12.3. The van der Waals surface area contributed by atoms with Crippen LogP contribution in [0.5, 0.6) is 0 Å². The maximum atomic E-state index is 12.8. The van der Waals surface area contributed by atoms with Gasteiger partial charge in [-0.1, -0.05) is 75.2 Å². The molecule has 0 heterocycles. The zero-order valence-electron chi connectivity index (χ0n) is 31.1. The number of hydrogen-bond acceptors (Lipinski definition) is 4. The van der Waals surface area contributed by atoms with E-state index in [-0.39, 0.29) is 5.25 Å². The zero-order chi connectivity index (χ0) is 36.9. The molecule has 0 atom stereocenters. The smallest absolute Gasteiger partial charge is 0.326 e. The molecule has 1 aliphatic rings. The van der Waals surface area contributed by atoms with Crippen molar-refractivity contribution in [3.63, 3.8) is 0 Å². The van der Waals surface area contributed by atoms with E-state index in [0.717, 1.165) is 71.9 Å². The molecule has 0 fully saturated rings. The number of nitrogens with two attached hydrogens (primary N) is 2. The third-order valence-electron chi connectivity index (χ3n) is 10.3. The van der Waals surface area contributed by atoms with Gasteiger partial charge in [-0.3, -0.25) is 4.55 Å². The minimum absolute atomic E-state index is 0.142. The van der Waals surface area contributed by atoms with Crippen LogP contribution in [-0.4, -0.2) is 13.0 Å². The molecule has 0 unspecified atom stereocenters. The molecule has 0 amide bonds. The van der Waals surface area contributed by atoms with Crippen LogP contribution in [0.2, 0.25) is 0 Å². The summed E-state index contributed by atoms with van der Waals surface area (Å²) in [5.41, 5.74) is 30.6. The molecule has 0 radical (unpaired) electrons. The van der Waals surface area contributed by atoms with E-state index >= 15 is 0 Å². The topological polar surface area (TPSA) is 106 Å². The average molecular weight is 702 g/mol. The molecule has 0 aliphatic heterocycles. The lowest BCUT2D eigenvalue weighted by molar-refractivity contribution is 0.487. The van der Waals surface area contributed by atoms with Crippen LogP contribution in [-0.2, 0) is 61.7 Å². The Bertz CT molecular complexity index is 1950. The van der Waals surface area contributed by atoms with Gasteiger partial charge in [-0.15, -0.1) is 0 Å². The molecule has 5 nitrogen and oxygen atoms in total. The van der Waals surface area contributed by atoms with Gasteiger partial charge in [0.25, 0.3) is 0 Å². The van der Waals surface area contributed by atoms with Gasteiger partial charge < -0.3 is 11.5 Å². The number of hydrogen-bond donors (Lipinski definition) is 3. The molecule has 0 saturated carbocycles. The van der Waals surface area contributed by atoms with Crippen molar-refractivity contribution in [2.45, 2.75) is 93.2 Å². The highest BCUT2D eigenvalue weighted by Gasteiger charge is 2.36. The molecule has 51 heavy (non-hydrogen) atoms. The van der Waals surface area contributed by atoms with Crippen molar-refractivity contribution in [1.82, 2.24) is 0 Å². The third kappa shape index (κ3) is 8.31. The fraction of sp³-hybridized carbons (Fsp3) is 0.311. The summed E-state index contributed by atoms with van der Waals surface area (Å²) in [6.45, 7) is 13.8. The van der Waals surface area contributed by atoms with Crippen molar-refractivity contribution in [2.24, 2.45) is 11.5 Å². The zero-order valence-corrected chi connectivity index (χ0v) is 31.9. The van der Waals surface area contributed by atoms with Crippen LogP contribution < -0.4 is 11.5 Å². The second-order valence-corrected chi connectivity index (χ2v) is 15.0. The molecule has 5 rings (SSSR count). The van der Waals surface area contributed by atoms with Crippen LogP contribution in [0, 0.1) is 19.1 Å². The Morgan fingerprint density at radius 1 is 0.608 bits per heavy atom. The lowest BCUT2D eigenvalue weighted by Crippen LogP contribution is -2.15. The first-order chi connectivity index (χ1) is 24.5. The van der Waals surface area contributed by atoms with Crippen LogP contribution in [0.25, 0.3) is 5.57 Å². The molecular formula is C45H53N2O3S+. The number of aryl methyl sites for hydroxylation is 6. The Labute approximate surface area is 306 Å². The minimum atomic E-state index is -4.53. The summed E-state index contributed by atoms with van der Waals surface area (Å²) in [4.78, 5) is 0. The molecule has 266 valence electrons. The molecule has 5 N–H and O–H groups in total. The van der Waals surface area contributed by atoms with Crippen LogP contribution in [0.15, 0.2) is 90.5 Å². The molecule has 4 aromatic rings. The van der Waals surface area contributed by atoms with Crippen molar-refractivity contribution in [3.8, 4) is 0 Å². The first-order valence-electron chi connectivity index (χ1n) is 18.3. The maximum Gasteiger partial charge on any atom is 0.331 e. The van der Waals surface area contributed by atoms with Crippen LogP contribution in [0.4, 0.5) is 0 Å². The summed E-state index contributed by atoms with van der Waals surface area (Å²) >= 11 is 0. The van der Waals surface area contributed by atoms with E-state index in [1.807, 2.05) is 0 Å². The second-order valence-electron chi connectivity index (χ2n) is 13.6. The Hall–Kier alpha value is -4.20. The number of benzene rings is 4. The molecule has 0 aromatic heterocycles. The Morgan fingerprint density at radius 2 is 1.02 bits per heavy atom. The third-order valence-corrected chi connectivity index (χ3v) is 11.2. The first-order valence-corrected chi connectivity index (χ1v) is 19.7. The summed E-state index contributed by atoms with van der Waals surface area (Å²) in [7, 11) is -4.53. The van der Waals surface area contributed by atoms with E-state index in [0.29, 0.717) is 24.2 Å². The maximum absolute atomic E-state index is 12.8. The fourth-order valence-corrected chi connectivity index (χ4v) is 8.40. The standard InChI is InChI=1S/C45H52N2O3S/c1-7-31-19-29(5)20-32(8-2)42(31)25-35-15-17-37(23-39(35)27-46)45(41-13-11-12-14-44(41)51(48,49)50)38-18-16-36(40(24-38)28-47)26-43-33(9-3)21-30(6)22-34(43)10-4/h11-24H,7-10,25-28,46-47H2,1-6H3/p+1. The largest absolute Gasteiger partial charge is 0.331 e. The molecule has 1 aliphatic carbocycles. The summed E-state index contributed by atoms with van der Waals surface area (Å²) in [6.07, 6.45) is 12.0. The van der Waals surface area contributed by atoms with Gasteiger partial charge in [0.15, 0.2) is 5.25 Å². The predicted octanol–water partition coefficient (Wildman–Crippen LogP) is 9.00. The van der Waals surface area contributed by atoms with E-state index in [1.54, 1.807) is 18.2 Å². The SMILES string of the molecule is CCc1cc(C)cc(CC)c1Cc1ccc(C(=C2C=CC=C[C+]2S(=O)(=O)O)c2ccc(Cc3c(CC)cc(C)cc3CC)c(CN)c2)cc1CN. The van der Waals surface area contributed by atoms with Crippen molar-refractivity contribution < 1.29 is 13.0 Å². The quantitative estimate of drug-likeness (QED) is 0.0953. The normalized spacial score (nSPS) is 13.0. The van der Waals surface area contributed by atoms with Crippen LogP contribution >= 0.6 is 0 Å². The summed E-state index contributed by atoms with van der Waals surface area (Å²) in [6, 6.07) is 21.7. The highest BCUT2D eigenvalue weighted by atomic mass is 32.2. The molecule has 0 spiro atoms. The van der Waals surface area contributed by atoms with E-state index in [2.05, 4.69) is 102 Å². The van der Waals surface area contributed by atoms with Gasteiger partial charge in [-0.25, -0.2) is 0 Å². The van der Waals surface area contributed by atoms with Gasteiger partial charge in [-0.2, -0.15) is 8.42 Å². The Balaban J connectivity index is 1.67. The van der Waals surface area contributed by atoms with Crippen LogP contribution in [0.3, 0.4) is 0 Å². The fourth-order valence-electron chi connectivity index (χ4n) is 7.70. The van der Waals surface area contributed by atoms with Gasteiger partial charge in [-0.05, 0) is 132 Å². The number of allylic oxidation sites excluding steroid dienone is 3. The summed E-state index contributed by atoms with van der Waals surface area (Å²) in [5.74, 6) is 0. The second kappa shape index (κ2) is 16.4. The molecule has 0 saturated heterocycles. The van der Waals surface area contributed by atoms with E-state index < -0.39 is 10.1 Å². The highest BCUT2D eigenvalue weighted by molar-refractivity contribution is 7.89. The van der Waals surface area contributed by atoms with Gasteiger partial charge in [0.2, 0.25) is 0 Å². The minimum Gasteiger partial charge on any atom is -0.326 e. The Morgan fingerprint density at radius 3 is 1.37 bits per heavy atom. The molecule has 4 aromatic carbocycles. The monoisotopic (exact) mass is 701 g/mol. The van der Waals surface area contributed by atoms with Gasteiger partial charge in [0, 0.05) is 48.5 Å². The van der Waals surface area contributed by atoms with Crippen LogP contribution in [0.1, 0.15) is 106 Å². The van der Waals surface area contributed by atoms with Gasteiger partial charge in [0.1, 0.15) is 5.57 Å². The predicted molar refractivity (Wildman–Crippen MR) is 213 cm³/mol. The lowest BCUT2D eigenvalue weighted by atomic mass is 9.84. The molecule has 0 bridgehead atoms. The molecule has 6 heteroatoms. The summed E-state index contributed by atoms with van der Waals surface area (Å²) < 4.78 is 35.9. The van der Waals surface area contributed by atoms with Crippen molar-refractivity contribution in [2.75, 3.05) is 0 Å². The van der Waals surface area contributed by atoms with E-state index in [1.165, 1.54) is 50.6 Å². The summed E-state index contributed by atoms with van der Waals surface area (Å²) in [5, 5.41) is -0.142. The van der Waals surface area contributed by atoms with Gasteiger partial charge in [0.05, 0.1) is 5.57 Å². The average Bonchev–Trinajstić information content (AvgIpc) is 3.13. The molecular weight excluding hydrogens is 649 g/mol. The number of rotatable bonds is 13.